The van der Waals surface area contributed by atoms with E-state index in [2.05, 4.69) is 15.5 Å². The summed E-state index contributed by atoms with van der Waals surface area (Å²) in [7, 11) is 0. The molecule has 3 aromatic rings. The average molecular weight is 364 g/mol. The van der Waals surface area contributed by atoms with Gasteiger partial charge < -0.3 is 15.6 Å². The molecule has 0 atom stereocenters. The number of carbonyl (C=O) groups excluding carboxylic acids is 1. The van der Waals surface area contributed by atoms with Gasteiger partial charge in [-0.25, -0.2) is 4.68 Å². The van der Waals surface area contributed by atoms with Crippen LogP contribution in [0.25, 0.3) is 11.4 Å². The average Bonchev–Trinajstić information content (AvgIpc) is 3.22. The lowest BCUT2D eigenvalue weighted by molar-refractivity contribution is -0.118. The number of benzene rings is 1. The largest absolute Gasteiger partial charge is 0.467 e. The number of nitrogen functional groups attached to an aromatic ring is 1. The maximum atomic E-state index is 11.9. The Balaban J connectivity index is 1.60. The number of amides is 1. The van der Waals surface area contributed by atoms with Gasteiger partial charge in [-0.15, -0.1) is 10.2 Å². The van der Waals surface area contributed by atoms with E-state index in [1.54, 1.807) is 30.5 Å². The second kappa shape index (κ2) is 7.41. The van der Waals surface area contributed by atoms with Crippen molar-refractivity contribution >= 4 is 29.3 Å². The Morgan fingerprint density at radius 2 is 2.12 bits per heavy atom. The van der Waals surface area contributed by atoms with Gasteiger partial charge in [-0.1, -0.05) is 35.5 Å². The smallest absolute Gasteiger partial charge is 0.230 e. The van der Waals surface area contributed by atoms with Gasteiger partial charge in [0.1, 0.15) is 5.76 Å². The number of nitrogens with two attached hydrogens (primary N) is 1. The van der Waals surface area contributed by atoms with E-state index in [4.69, 9.17) is 21.9 Å². The van der Waals surface area contributed by atoms with Crippen LogP contribution in [0.1, 0.15) is 5.76 Å². The van der Waals surface area contributed by atoms with Crippen LogP contribution in [0.2, 0.25) is 5.02 Å². The third kappa shape index (κ3) is 3.72. The second-order valence-electron chi connectivity index (χ2n) is 4.80. The fraction of sp³-hybridized carbons (Fsp3) is 0.133. The van der Waals surface area contributed by atoms with E-state index in [9.17, 15) is 4.79 Å². The van der Waals surface area contributed by atoms with E-state index in [0.29, 0.717) is 33.9 Å². The third-order valence-electron chi connectivity index (χ3n) is 3.15. The number of carbonyl (C=O) groups is 1. The minimum absolute atomic E-state index is 0.154. The number of hydrogen-bond acceptors (Lipinski definition) is 6. The van der Waals surface area contributed by atoms with Crippen LogP contribution in [0.15, 0.2) is 52.2 Å². The number of furan rings is 1. The summed E-state index contributed by atoms with van der Waals surface area (Å²) in [6, 6.07) is 10.8. The van der Waals surface area contributed by atoms with Crippen LogP contribution in [0.4, 0.5) is 0 Å². The lowest BCUT2D eigenvalue weighted by Crippen LogP contribution is -2.24. The molecular weight excluding hydrogens is 350 g/mol. The Morgan fingerprint density at radius 1 is 1.29 bits per heavy atom. The number of hydrogen-bond donors (Lipinski definition) is 2. The van der Waals surface area contributed by atoms with Crippen molar-refractivity contribution in [1.82, 2.24) is 20.2 Å². The molecule has 0 unspecified atom stereocenters. The Kier molecular flexibility index (Phi) is 5.07. The maximum Gasteiger partial charge on any atom is 0.230 e. The first-order valence-electron chi connectivity index (χ1n) is 7.02. The zero-order valence-electron chi connectivity index (χ0n) is 12.5. The predicted octanol–water partition coefficient (Wildman–Crippen LogP) is 2.31. The molecule has 24 heavy (non-hydrogen) atoms. The normalized spacial score (nSPS) is 10.7. The van der Waals surface area contributed by atoms with Crippen LogP contribution < -0.4 is 11.2 Å². The monoisotopic (exact) mass is 363 g/mol. The van der Waals surface area contributed by atoms with Gasteiger partial charge >= 0.3 is 0 Å². The van der Waals surface area contributed by atoms with E-state index in [1.165, 1.54) is 16.4 Å². The van der Waals surface area contributed by atoms with Gasteiger partial charge in [0, 0.05) is 5.56 Å². The number of rotatable bonds is 6. The number of nitrogens with one attached hydrogen (secondary N) is 1. The van der Waals surface area contributed by atoms with E-state index >= 15 is 0 Å². The summed E-state index contributed by atoms with van der Waals surface area (Å²) < 4.78 is 6.47. The molecule has 0 aliphatic rings. The lowest BCUT2D eigenvalue weighted by Gasteiger charge is -2.05. The lowest BCUT2D eigenvalue weighted by atomic mass is 10.2. The van der Waals surface area contributed by atoms with Crippen molar-refractivity contribution in [2.24, 2.45) is 0 Å². The molecule has 3 N–H and O–H groups in total. The molecule has 9 heteroatoms. The molecule has 1 aromatic carbocycles. The summed E-state index contributed by atoms with van der Waals surface area (Å²) in [6.45, 7) is 0.340. The van der Waals surface area contributed by atoms with Gasteiger partial charge in [0.05, 0.1) is 23.6 Å². The van der Waals surface area contributed by atoms with Gasteiger partial charge in [-0.2, -0.15) is 0 Å². The Hall–Kier alpha value is -2.45. The molecule has 2 heterocycles. The van der Waals surface area contributed by atoms with Crippen molar-refractivity contribution in [1.29, 1.82) is 0 Å². The van der Waals surface area contributed by atoms with E-state index < -0.39 is 0 Å². The van der Waals surface area contributed by atoms with Crippen molar-refractivity contribution in [3.05, 3.63) is 53.4 Å². The Bertz CT molecular complexity index is 834. The number of aromatic nitrogens is 3. The molecule has 0 spiro atoms. The zero-order chi connectivity index (χ0) is 16.9. The third-order valence-corrected chi connectivity index (χ3v) is 4.42. The minimum Gasteiger partial charge on any atom is -0.467 e. The van der Waals surface area contributed by atoms with Gasteiger partial charge in [-0.3, -0.25) is 4.79 Å². The molecule has 0 fully saturated rings. The summed E-state index contributed by atoms with van der Waals surface area (Å²) in [5.41, 5.74) is 0.684. The van der Waals surface area contributed by atoms with Crippen LogP contribution in [-0.4, -0.2) is 26.5 Å². The van der Waals surface area contributed by atoms with Gasteiger partial charge in [0.25, 0.3) is 0 Å². The first-order valence-corrected chi connectivity index (χ1v) is 8.39. The molecule has 0 aliphatic heterocycles. The number of nitrogens with zero attached hydrogens (tertiary/aromatic N) is 3. The molecule has 124 valence electrons. The quantitative estimate of drug-likeness (QED) is 0.515. The highest BCUT2D eigenvalue weighted by Gasteiger charge is 2.15. The molecule has 2 aromatic heterocycles. The summed E-state index contributed by atoms with van der Waals surface area (Å²) in [4.78, 5) is 11.9. The van der Waals surface area contributed by atoms with E-state index in [0.717, 1.165) is 0 Å². The second-order valence-corrected chi connectivity index (χ2v) is 6.15. The first-order chi connectivity index (χ1) is 11.6. The predicted molar refractivity (Wildman–Crippen MR) is 91.9 cm³/mol. The summed E-state index contributed by atoms with van der Waals surface area (Å²) in [5.74, 6) is 7.15. The van der Waals surface area contributed by atoms with Crippen molar-refractivity contribution in [2.45, 2.75) is 11.7 Å². The van der Waals surface area contributed by atoms with Gasteiger partial charge in [-0.05, 0) is 24.3 Å². The van der Waals surface area contributed by atoms with Gasteiger partial charge in [0.2, 0.25) is 11.1 Å². The van der Waals surface area contributed by atoms with Crippen LogP contribution in [-0.2, 0) is 11.3 Å². The van der Waals surface area contributed by atoms with Crippen molar-refractivity contribution in [3.8, 4) is 11.4 Å². The van der Waals surface area contributed by atoms with Crippen LogP contribution in [0, 0.1) is 0 Å². The number of halogens is 1. The number of thioether (sulfide) groups is 1. The summed E-state index contributed by atoms with van der Waals surface area (Å²) in [6.07, 6.45) is 1.56. The summed E-state index contributed by atoms with van der Waals surface area (Å²) in [5, 5.41) is 11.8. The SMILES string of the molecule is Nn1c(SCC(=O)NCc2ccco2)nnc1-c1ccccc1Cl. The first kappa shape index (κ1) is 16.4. The summed E-state index contributed by atoms with van der Waals surface area (Å²) >= 11 is 7.33. The van der Waals surface area contributed by atoms with E-state index in [1.807, 2.05) is 12.1 Å². The van der Waals surface area contributed by atoms with Crippen molar-refractivity contribution < 1.29 is 9.21 Å². The van der Waals surface area contributed by atoms with Crippen molar-refractivity contribution in [3.63, 3.8) is 0 Å². The maximum absolute atomic E-state index is 11.9. The van der Waals surface area contributed by atoms with Crippen LogP contribution in [0.3, 0.4) is 0 Å². The molecule has 0 saturated carbocycles. The molecule has 0 bridgehead atoms. The zero-order valence-corrected chi connectivity index (χ0v) is 14.0. The highest BCUT2D eigenvalue weighted by molar-refractivity contribution is 7.99. The minimum atomic E-state index is -0.154. The molecule has 0 aliphatic carbocycles. The Morgan fingerprint density at radius 3 is 2.88 bits per heavy atom. The topological polar surface area (TPSA) is 99.0 Å². The highest BCUT2D eigenvalue weighted by Crippen LogP contribution is 2.27. The van der Waals surface area contributed by atoms with Crippen molar-refractivity contribution in [2.75, 3.05) is 11.6 Å². The standard InChI is InChI=1S/C15H14ClN5O2S/c16-12-6-2-1-5-11(12)14-19-20-15(21(14)17)24-9-13(22)18-8-10-4-3-7-23-10/h1-7H,8-9,17H2,(H,18,22). The molecular formula is C15H14ClN5O2S. The molecule has 0 saturated heterocycles. The molecule has 1 amide bonds. The molecule has 7 nitrogen and oxygen atoms in total. The van der Waals surface area contributed by atoms with Crippen LogP contribution in [0.5, 0.6) is 0 Å². The van der Waals surface area contributed by atoms with Gasteiger partial charge in [0.15, 0.2) is 5.82 Å². The molecule has 0 radical (unpaired) electrons. The Labute approximate surface area is 147 Å². The van der Waals surface area contributed by atoms with E-state index in [-0.39, 0.29) is 11.7 Å². The molecule has 3 rings (SSSR count). The highest BCUT2D eigenvalue weighted by atomic mass is 35.5. The fourth-order valence-electron chi connectivity index (χ4n) is 1.98. The fourth-order valence-corrected chi connectivity index (χ4v) is 2.89. The van der Waals surface area contributed by atoms with Crippen LogP contribution >= 0.6 is 23.4 Å².